The van der Waals surface area contributed by atoms with Gasteiger partial charge in [0.2, 0.25) is 6.54 Å². The summed E-state index contributed by atoms with van der Waals surface area (Å²) in [5.41, 5.74) is 0. The van der Waals surface area contributed by atoms with Crippen molar-refractivity contribution in [2.24, 2.45) is 5.92 Å². The maximum absolute atomic E-state index is 11.4. The van der Waals surface area contributed by atoms with Crippen LogP contribution in [-0.2, 0) is 19.1 Å². The first-order valence-electron chi connectivity index (χ1n) is 5.45. The van der Waals surface area contributed by atoms with Gasteiger partial charge in [0.05, 0.1) is 25.6 Å². The molecule has 98 valence electrons. The van der Waals surface area contributed by atoms with Crippen molar-refractivity contribution in [3.63, 3.8) is 0 Å². The molecule has 0 bridgehead atoms. The number of nitrogens with zero attached hydrogens (tertiary/aromatic N) is 1. The molecule has 0 saturated carbocycles. The third-order valence-corrected chi connectivity index (χ3v) is 2.00. The average Bonchev–Trinajstić information content (AvgIpc) is 2.24. The zero-order chi connectivity index (χ0) is 13.3. The molecule has 1 atom stereocenters. The normalized spacial score (nSPS) is 11.6. The third kappa shape index (κ3) is 7.26. The smallest absolute Gasteiger partial charge is 0.309 e. The molecule has 0 aromatic carbocycles. The quantitative estimate of drug-likeness (QED) is 0.357. The Kier molecular flexibility index (Phi) is 7.66. The molecule has 0 saturated heterocycles. The second kappa shape index (κ2) is 8.49. The molecule has 0 spiro atoms. The van der Waals surface area contributed by atoms with E-state index in [4.69, 9.17) is 9.47 Å². The van der Waals surface area contributed by atoms with E-state index in [2.05, 4.69) is 0 Å². The van der Waals surface area contributed by atoms with Gasteiger partial charge in [-0.15, -0.1) is 0 Å². The van der Waals surface area contributed by atoms with Gasteiger partial charge in [-0.25, -0.2) is 0 Å². The number of ether oxygens (including phenoxy) is 2. The van der Waals surface area contributed by atoms with E-state index in [9.17, 15) is 19.7 Å². The number of hydrogen-bond donors (Lipinski definition) is 0. The molecule has 0 aromatic heterocycles. The highest BCUT2D eigenvalue weighted by molar-refractivity contribution is 5.79. The molecule has 0 rings (SSSR count). The van der Waals surface area contributed by atoms with Gasteiger partial charge in [-0.3, -0.25) is 19.7 Å². The molecule has 0 N–H and O–H groups in total. The van der Waals surface area contributed by atoms with E-state index in [0.29, 0.717) is 0 Å². The summed E-state index contributed by atoms with van der Waals surface area (Å²) in [4.78, 5) is 32.4. The van der Waals surface area contributed by atoms with Crippen molar-refractivity contribution in [1.82, 2.24) is 0 Å². The highest BCUT2D eigenvalue weighted by Gasteiger charge is 2.25. The van der Waals surface area contributed by atoms with Crippen molar-refractivity contribution in [3.8, 4) is 0 Å². The fourth-order valence-electron chi connectivity index (χ4n) is 1.25. The van der Waals surface area contributed by atoms with E-state index < -0.39 is 22.8 Å². The van der Waals surface area contributed by atoms with Crippen LogP contribution in [0.1, 0.15) is 26.7 Å². The summed E-state index contributed by atoms with van der Waals surface area (Å²) in [5.74, 6) is -1.95. The standard InChI is InChI=1S/C10H17NO6/c1-3-16-9(12)7-8(5-6-11(14)15)10(13)17-4-2/h8H,3-7H2,1-2H3. The lowest BCUT2D eigenvalue weighted by molar-refractivity contribution is -0.481. The summed E-state index contributed by atoms with van der Waals surface area (Å²) in [6.07, 6.45) is -0.203. The third-order valence-electron chi connectivity index (χ3n) is 2.00. The van der Waals surface area contributed by atoms with Crippen LogP contribution in [0.25, 0.3) is 0 Å². The Morgan fingerprint density at radius 1 is 1.24 bits per heavy atom. The molecule has 0 aromatic rings. The van der Waals surface area contributed by atoms with Crippen LogP contribution >= 0.6 is 0 Å². The Balaban J connectivity index is 4.33. The highest BCUT2D eigenvalue weighted by Crippen LogP contribution is 2.12. The van der Waals surface area contributed by atoms with Gasteiger partial charge in [0.1, 0.15) is 0 Å². The first-order chi connectivity index (χ1) is 8.01. The molecule has 1 unspecified atom stereocenters. The van der Waals surface area contributed by atoms with Gasteiger partial charge in [0.25, 0.3) is 0 Å². The van der Waals surface area contributed by atoms with Crippen LogP contribution in [0.4, 0.5) is 0 Å². The topological polar surface area (TPSA) is 95.7 Å². The molecule has 7 nitrogen and oxygen atoms in total. The molecule has 0 amide bonds. The van der Waals surface area contributed by atoms with Gasteiger partial charge in [-0.2, -0.15) is 0 Å². The first-order valence-corrected chi connectivity index (χ1v) is 5.45. The molecule has 0 radical (unpaired) electrons. The molecular formula is C10H17NO6. The molecule has 7 heteroatoms. The molecule has 0 heterocycles. The Morgan fingerprint density at radius 2 is 1.82 bits per heavy atom. The maximum Gasteiger partial charge on any atom is 0.309 e. The van der Waals surface area contributed by atoms with Gasteiger partial charge in [0.15, 0.2) is 0 Å². The van der Waals surface area contributed by atoms with E-state index >= 15 is 0 Å². The molecule has 17 heavy (non-hydrogen) atoms. The molecular weight excluding hydrogens is 230 g/mol. The lowest BCUT2D eigenvalue weighted by Gasteiger charge is -2.12. The van der Waals surface area contributed by atoms with Gasteiger partial charge in [-0.05, 0) is 13.8 Å². The van der Waals surface area contributed by atoms with Crippen molar-refractivity contribution >= 4 is 11.9 Å². The second-order valence-electron chi connectivity index (χ2n) is 3.30. The predicted molar refractivity (Wildman–Crippen MR) is 57.9 cm³/mol. The van der Waals surface area contributed by atoms with Gasteiger partial charge in [-0.1, -0.05) is 0 Å². The predicted octanol–water partition coefficient (Wildman–Crippen LogP) is 0.786. The minimum Gasteiger partial charge on any atom is -0.466 e. The van der Waals surface area contributed by atoms with Crippen LogP contribution in [0.5, 0.6) is 0 Å². The lowest BCUT2D eigenvalue weighted by atomic mass is 10.0. The van der Waals surface area contributed by atoms with E-state index in [0.717, 1.165) is 0 Å². The summed E-state index contributed by atoms with van der Waals surface area (Å²) in [6.45, 7) is 3.30. The zero-order valence-electron chi connectivity index (χ0n) is 10.0. The number of nitro groups is 1. The molecule has 0 aliphatic rings. The van der Waals surface area contributed by atoms with Crippen LogP contribution in [0.2, 0.25) is 0 Å². The van der Waals surface area contributed by atoms with Crippen molar-refractivity contribution in [3.05, 3.63) is 10.1 Å². The van der Waals surface area contributed by atoms with Gasteiger partial charge < -0.3 is 9.47 Å². The van der Waals surface area contributed by atoms with Gasteiger partial charge >= 0.3 is 11.9 Å². The van der Waals surface area contributed by atoms with E-state index in [-0.39, 0.29) is 32.6 Å². The van der Waals surface area contributed by atoms with Gasteiger partial charge in [0, 0.05) is 11.3 Å². The number of esters is 2. The Bertz CT molecular complexity index is 278. The monoisotopic (exact) mass is 247 g/mol. The number of rotatable bonds is 8. The van der Waals surface area contributed by atoms with Crippen LogP contribution < -0.4 is 0 Å². The number of carbonyl (C=O) groups is 2. The average molecular weight is 247 g/mol. The molecule has 0 aliphatic carbocycles. The van der Waals surface area contributed by atoms with Crippen LogP contribution in [-0.4, -0.2) is 36.6 Å². The fourth-order valence-corrected chi connectivity index (χ4v) is 1.25. The summed E-state index contributed by atoms with van der Waals surface area (Å²) >= 11 is 0. The zero-order valence-corrected chi connectivity index (χ0v) is 10.0. The van der Waals surface area contributed by atoms with E-state index in [1.807, 2.05) is 0 Å². The SMILES string of the molecule is CCOC(=O)CC(CC[N+](=O)[O-])C(=O)OCC. The van der Waals surface area contributed by atoms with E-state index in [1.54, 1.807) is 13.8 Å². The Hall–Kier alpha value is -1.66. The number of hydrogen-bond acceptors (Lipinski definition) is 6. The summed E-state index contributed by atoms with van der Waals surface area (Å²) in [7, 11) is 0. The van der Waals surface area contributed by atoms with Crippen molar-refractivity contribution < 1.29 is 24.0 Å². The van der Waals surface area contributed by atoms with Crippen LogP contribution in [0, 0.1) is 16.0 Å². The minimum atomic E-state index is -0.806. The number of carbonyl (C=O) groups excluding carboxylic acids is 2. The van der Waals surface area contributed by atoms with Crippen molar-refractivity contribution in [2.45, 2.75) is 26.7 Å². The molecule has 0 aliphatic heterocycles. The first kappa shape index (κ1) is 15.3. The minimum absolute atomic E-state index is 0.0232. The Labute approximate surface area is 99.2 Å². The fraction of sp³-hybridized carbons (Fsp3) is 0.800. The van der Waals surface area contributed by atoms with Crippen molar-refractivity contribution in [2.75, 3.05) is 19.8 Å². The van der Waals surface area contributed by atoms with Crippen LogP contribution in [0.3, 0.4) is 0 Å². The van der Waals surface area contributed by atoms with Crippen LogP contribution in [0.15, 0.2) is 0 Å². The lowest BCUT2D eigenvalue weighted by Crippen LogP contribution is -2.24. The largest absolute Gasteiger partial charge is 0.466 e. The Morgan fingerprint density at radius 3 is 2.29 bits per heavy atom. The highest BCUT2D eigenvalue weighted by atomic mass is 16.6. The van der Waals surface area contributed by atoms with E-state index in [1.165, 1.54) is 0 Å². The summed E-state index contributed by atoms with van der Waals surface area (Å²) in [5, 5.41) is 10.2. The summed E-state index contributed by atoms with van der Waals surface area (Å²) in [6, 6.07) is 0. The molecule has 0 fully saturated rings. The van der Waals surface area contributed by atoms with Crippen molar-refractivity contribution in [1.29, 1.82) is 0 Å². The second-order valence-corrected chi connectivity index (χ2v) is 3.30. The maximum atomic E-state index is 11.4. The summed E-state index contributed by atoms with van der Waals surface area (Å²) < 4.78 is 9.44.